The van der Waals surface area contributed by atoms with Gasteiger partial charge < -0.3 is 10.6 Å². The maximum atomic E-state index is 12.8. The van der Waals surface area contributed by atoms with Crippen molar-refractivity contribution < 1.29 is 9.18 Å². The Labute approximate surface area is 122 Å². The molecule has 0 bridgehead atoms. The fraction of sp³-hybridized carbons (Fsp3) is 0.188. The molecular formula is C16H16FN3O. The monoisotopic (exact) mass is 285 g/mol. The lowest BCUT2D eigenvalue weighted by Gasteiger charge is -2.15. The van der Waals surface area contributed by atoms with E-state index in [0.29, 0.717) is 19.6 Å². The standard InChI is InChI=1S/C16H16FN3O/c17-13-3-1-12(2-4-13)11-19-14-5-7-15(8-6-14)20-10-9-18-16(20)21/h1-8,19H,9-11H2,(H,18,21). The van der Waals surface area contributed by atoms with Crippen LogP contribution in [-0.2, 0) is 6.54 Å². The first kappa shape index (κ1) is 13.4. The Morgan fingerprint density at radius 2 is 1.81 bits per heavy atom. The van der Waals surface area contributed by atoms with Gasteiger partial charge in [0.15, 0.2) is 0 Å². The van der Waals surface area contributed by atoms with E-state index in [9.17, 15) is 9.18 Å². The van der Waals surface area contributed by atoms with Crippen molar-refractivity contribution in [2.45, 2.75) is 6.54 Å². The molecule has 0 aliphatic carbocycles. The molecule has 21 heavy (non-hydrogen) atoms. The highest BCUT2D eigenvalue weighted by Crippen LogP contribution is 2.20. The van der Waals surface area contributed by atoms with Crippen molar-refractivity contribution in [1.82, 2.24) is 5.32 Å². The van der Waals surface area contributed by atoms with Gasteiger partial charge in [-0.3, -0.25) is 4.90 Å². The molecule has 0 unspecified atom stereocenters. The highest BCUT2D eigenvalue weighted by atomic mass is 19.1. The number of anilines is 2. The first-order valence-electron chi connectivity index (χ1n) is 6.86. The lowest BCUT2D eigenvalue weighted by Crippen LogP contribution is -2.27. The molecule has 1 heterocycles. The molecule has 0 spiro atoms. The van der Waals surface area contributed by atoms with E-state index in [1.165, 1.54) is 12.1 Å². The third kappa shape index (κ3) is 3.13. The maximum Gasteiger partial charge on any atom is 0.321 e. The van der Waals surface area contributed by atoms with Crippen LogP contribution in [0.5, 0.6) is 0 Å². The molecule has 2 aromatic carbocycles. The van der Waals surface area contributed by atoms with Gasteiger partial charge in [0, 0.05) is 31.0 Å². The van der Waals surface area contributed by atoms with E-state index < -0.39 is 0 Å². The summed E-state index contributed by atoms with van der Waals surface area (Å²) < 4.78 is 12.8. The predicted octanol–water partition coefficient (Wildman–Crippen LogP) is 2.97. The minimum absolute atomic E-state index is 0.0537. The number of hydrogen-bond donors (Lipinski definition) is 2. The van der Waals surface area contributed by atoms with E-state index in [1.54, 1.807) is 17.0 Å². The van der Waals surface area contributed by atoms with Crippen LogP contribution in [0.25, 0.3) is 0 Å². The molecule has 1 fully saturated rings. The van der Waals surface area contributed by atoms with Crippen LogP contribution in [0, 0.1) is 5.82 Å². The van der Waals surface area contributed by atoms with Gasteiger partial charge in [0.05, 0.1) is 0 Å². The Morgan fingerprint density at radius 1 is 1.10 bits per heavy atom. The van der Waals surface area contributed by atoms with Gasteiger partial charge in [0.25, 0.3) is 0 Å². The number of carbonyl (C=O) groups excluding carboxylic acids is 1. The van der Waals surface area contributed by atoms with E-state index in [4.69, 9.17) is 0 Å². The minimum atomic E-state index is -0.230. The SMILES string of the molecule is O=C1NCCN1c1ccc(NCc2ccc(F)cc2)cc1. The van der Waals surface area contributed by atoms with Crippen molar-refractivity contribution in [3.63, 3.8) is 0 Å². The number of carbonyl (C=O) groups is 1. The molecule has 108 valence electrons. The second-order valence-corrected chi connectivity index (χ2v) is 4.91. The predicted molar refractivity (Wildman–Crippen MR) is 80.9 cm³/mol. The van der Waals surface area contributed by atoms with Crippen LogP contribution in [0.15, 0.2) is 48.5 Å². The Bertz CT molecular complexity index is 625. The van der Waals surface area contributed by atoms with Gasteiger partial charge in [0.1, 0.15) is 5.82 Å². The molecule has 3 rings (SSSR count). The Balaban J connectivity index is 1.62. The summed E-state index contributed by atoms with van der Waals surface area (Å²) in [6, 6.07) is 14.1. The summed E-state index contributed by atoms with van der Waals surface area (Å²) in [5, 5.41) is 6.04. The first-order chi connectivity index (χ1) is 10.2. The summed E-state index contributed by atoms with van der Waals surface area (Å²) >= 11 is 0. The fourth-order valence-corrected chi connectivity index (χ4v) is 2.28. The van der Waals surface area contributed by atoms with Gasteiger partial charge in [-0.25, -0.2) is 9.18 Å². The van der Waals surface area contributed by atoms with Crippen LogP contribution in [0.1, 0.15) is 5.56 Å². The molecule has 1 aliphatic heterocycles. The number of rotatable bonds is 4. The largest absolute Gasteiger partial charge is 0.381 e. The first-order valence-corrected chi connectivity index (χ1v) is 6.86. The van der Waals surface area contributed by atoms with Gasteiger partial charge in [0.2, 0.25) is 0 Å². The molecule has 1 saturated heterocycles. The number of benzene rings is 2. The van der Waals surface area contributed by atoms with Crippen molar-refractivity contribution in [3.8, 4) is 0 Å². The molecule has 0 radical (unpaired) electrons. The van der Waals surface area contributed by atoms with Gasteiger partial charge in [-0.05, 0) is 42.0 Å². The van der Waals surface area contributed by atoms with Gasteiger partial charge in [-0.15, -0.1) is 0 Å². The number of nitrogens with one attached hydrogen (secondary N) is 2. The van der Waals surface area contributed by atoms with E-state index >= 15 is 0 Å². The molecular weight excluding hydrogens is 269 g/mol. The molecule has 2 N–H and O–H groups in total. The quantitative estimate of drug-likeness (QED) is 0.907. The topological polar surface area (TPSA) is 44.4 Å². The van der Waals surface area contributed by atoms with Gasteiger partial charge in [-0.1, -0.05) is 12.1 Å². The molecule has 4 nitrogen and oxygen atoms in total. The highest BCUT2D eigenvalue weighted by molar-refractivity contribution is 5.94. The summed E-state index contributed by atoms with van der Waals surface area (Å²) in [5.74, 6) is -0.230. The minimum Gasteiger partial charge on any atom is -0.381 e. The zero-order valence-corrected chi connectivity index (χ0v) is 11.5. The van der Waals surface area contributed by atoms with Gasteiger partial charge in [-0.2, -0.15) is 0 Å². The summed E-state index contributed by atoms with van der Waals surface area (Å²) in [4.78, 5) is 13.3. The van der Waals surface area contributed by atoms with E-state index in [2.05, 4.69) is 10.6 Å². The van der Waals surface area contributed by atoms with Crippen molar-refractivity contribution in [1.29, 1.82) is 0 Å². The smallest absolute Gasteiger partial charge is 0.321 e. The lowest BCUT2D eigenvalue weighted by molar-refractivity contribution is 0.252. The Kier molecular flexibility index (Phi) is 3.73. The third-order valence-corrected chi connectivity index (χ3v) is 3.45. The van der Waals surface area contributed by atoms with E-state index in [-0.39, 0.29) is 11.8 Å². The van der Waals surface area contributed by atoms with E-state index in [1.807, 2.05) is 24.3 Å². The van der Waals surface area contributed by atoms with Gasteiger partial charge >= 0.3 is 6.03 Å². The van der Waals surface area contributed by atoms with Crippen molar-refractivity contribution in [2.24, 2.45) is 0 Å². The molecule has 0 aromatic heterocycles. The van der Waals surface area contributed by atoms with Crippen LogP contribution in [0.3, 0.4) is 0 Å². The summed E-state index contributed by atoms with van der Waals surface area (Å²) in [5.41, 5.74) is 2.86. The Morgan fingerprint density at radius 3 is 2.43 bits per heavy atom. The maximum absolute atomic E-state index is 12.8. The van der Waals surface area contributed by atoms with Crippen LogP contribution in [0.2, 0.25) is 0 Å². The Hall–Kier alpha value is -2.56. The third-order valence-electron chi connectivity index (χ3n) is 3.45. The molecule has 5 heteroatoms. The van der Waals surface area contributed by atoms with Crippen molar-refractivity contribution >= 4 is 17.4 Å². The summed E-state index contributed by atoms with van der Waals surface area (Å²) in [6.45, 7) is 2.01. The van der Waals surface area contributed by atoms with Crippen LogP contribution < -0.4 is 15.5 Å². The van der Waals surface area contributed by atoms with Crippen LogP contribution in [0.4, 0.5) is 20.6 Å². The summed E-state index contributed by atoms with van der Waals surface area (Å²) in [6.07, 6.45) is 0. The fourth-order valence-electron chi connectivity index (χ4n) is 2.28. The zero-order valence-electron chi connectivity index (χ0n) is 11.5. The number of hydrogen-bond acceptors (Lipinski definition) is 2. The van der Waals surface area contributed by atoms with E-state index in [0.717, 1.165) is 16.9 Å². The normalized spacial score (nSPS) is 14.1. The average Bonchev–Trinajstić information content (AvgIpc) is 2.93. The highest BCUT2D eigenvalue weighted by Gasteiger charge is 2.20. The van der Waals surface area contributed by atoms with Crippen LogP contribution in [-0.4, -0.2) is 19.1 Å². The number of halogens is 1. The van der Waals surface area contributed by atoms with Crippen molar-refractivity contribution in [3.05, 3.63) is 59.9 Å². The molecule has 2 amide bonds. The van der Waals surface area contributed by atoms with Crippen LogP contribution >= 0.6 is 0 Å². The molecule has 1 aliphatic rings. The average molecular weight is 285 g/mol. The second kappa shape index (κ2) is 5.83. The number of urea groups is 1. The summed E-state index contributed by atoms with van der Waals surface area (Å²) in [7, 11) is 0. The van der Waals surface area contributed by atoms with Crippen molar-refractivity contribution in [2.75, 3.05) is 23.3 Å². The lowest BCUT2D eigenvalue weighted by atomic mass is 10.2. The molecule has 2 aromatic rings. The molecule has 0 atom stereocenters. The molecule has 0 saturated carbocycles. The number of amides is 2. The second-order valence-electron chi connectivity index (χ2n) is 4.91. The number of nitrogens with zero attached hydrogens (tertiary/aromatic N) is 1. The zero-order chi connectivity index (χ0) is 14.7.